The molecular formula is C15H14FN3O2S2. The number of nitrogens with zero attached hydrogens (tertiary/aromatic N) is 1. The highest BCUT2D eigenvalue weighted by molar-refractivity contribution is 7.94. The van der Waals surface area contributed by atoms with E-state index in [-0.39, 0.29) is 9.90 Å². The number of hydrogen-bond donors (Lipinski definition) is 2. The number of thiophene rings is 1. The van der Waals surface area contributed by atoms with Crippen LogP contribution in [0.25, 0.3) is 10.6 Å². The number of aromatic nitrogens is 2. The largest absolute Gasteiger partial charge is 0.282 e. The Kier molecular flexibility index (Phi) is 3.95. The van der Waals surface area contributed by atoms with E-state index in [1.165, 1.54) is 24.3 Å². The average molecular weight is 351 g/mol. The number of anilines is 1. The highest BCUT2D eigenvalue weighted by Gasteiger charge is 2.19. The van der Waals surface area contributed by atoms with Crippen molar-refractivity contribution in [2.75, 3.05) is 4.72 Å². The van der Waals surface area contributed by atoms with Crippen molar-refractivity contribution in [1.82, 2.24) is 10.2 Å². The summed E-state index contributed by atoms with van der Waals surface area (Å²) in [6.45, 7) is 3.83. The van der Waals surface area contributed by atoms with Crippen molar-refractivity contribution in [3.8, 4) is 10.6 Å². The fourth-order valence-electron chi connectivity index (χ4n) is 2.07. The number of aryl methyl sites for hydroxylation is 1. The third-order valence-electron chi connectivity index (χ3n) is 3.41. The van der Waals surface area contributed by atoms with E-state index in [1.54, 1.807) is 6.07 Å². The molecule has 0 saturated heterocycles. The van der Waals surface area contributed by atoms with Gasteiger partial charge in [-0.25, -0.2) is 12.8 Å². The van der Waals surface area contributed by atoms with Crippen LogP contribution in [-0.4, -0.2) is 18.6 Å². The van der Waals surface area contributed by atoms with Gasteiger partial charge in [0, 0.05) is 5.69 Å². The van der Waals surface area contributed by atoms with Gasteiger partial charge in [0.05, 0.1) is 10.6 Å². The van der Waals surface area contributed by atoms with Crippen molar-refractivity contribution in [3.05, 3.63) is 53.5 Å². The van der Waals surface area contributed by atoms with E-state index in [1.807, 2.05) is 13.8 Å². The Morgan fingerprint density at radius 2 is 2.00 bits per heavy atom. The molecule has 0 saturated carbocycles. The quantitative estimate of drug-likeness (QED) is 0.753. The molecule has 0 aliphatic carbocycles. The lowest BCUT2D eigenvalue weighted by Gasteiger charge is -2.05. The smallest absolute Gasteiger partial charge is 0.271 e. The van der Waals surface area contributed by atoms with Crippen LogP contribution >= 0.6 is 11.3 Å². The zero-order valence-corrected chi connectivity index (χ0v) is 14.1. The maximum Gasteiger partial charge on any atom is 0.271 e. The molecule has 120 valence electrons. The molecule has 1 aromatic carbocycles. The number of halogens is 1. The van der Waals surface area contributed by atoms with E-state index in [9.17, 15) is 12.8 Å². The van der Waals surface area contributed by atoms with E-state index in [4.69, 9.17) is 0 Å². The lowest BCUT2D eigenvalue weighted by Crippen LogP contribution is -2.11. The molecule has 2 aromatic heterocycles. The predicted octanol–water partition coefficient (Wildman–Crippen LogP) is 3.69. The van der Waals surface area contributed by atoms with Crippen LogP contribution in [0.5, 0.6) is 0 Å². The Labute approximate surface area is 137 Å². The summed E-state index contributed by atoms with van der Waals surface area (Å²) in [7, 11) is -3.76. The van der Waals surface area contributed by atoms with Crippen molar-refractivity contribution >= 4 is 27.0 Å². The summed E-state index contributed by atoms with van der Waals surface area (Å²) >= 11 is 1.12. The Morgan fingerprint density at radius 3 is 2.65 bits per heavy atom. The Bertz CT molecular complexity index is 961. The summed E-state index contributed by atoms with van der Waals surface area (Å²) in [6.07, 6.45) is 0. The first-order chi connectivity index (χ1) is 10.9. The van der Waals surface area contributed by atoms with E-state index < -0.39 is 15.8 Å². The minimum atomic E-state index is -3.76. The van der Waals surface area contributed by atoms with Gasteiger partial charge in [0.2, 0.25) is 0 Å². The molecule has 0 bridgehead atoms. The van der Waals surface area contributed by atoms with Crippen LogP contribution in [0, 0.1) is 19.7 Å². The number of hydrogen-bond acceptors (Lipinski definition) is 4. The number of H-pyrrole nitrogens is 1. The number of benzene rings is 1. The van der Waals surface area contributed by atoms with Crippen molar-refractivity contribution < 1.29 is 12.8 Å². The van der Waals surface area contributed by atoms with Gasteiger partial charge in [-0.05, 0) is 49.7 Å². The van der Waals surface area contributed by atoms with Crippen LogP contribution in [0.3, 0.4) is 0 Å². The molecule has 3 rings (SSSR count). The second-order valence-electron chi connectivity index (χ2n) is 5.06. The van der Waals surface area contributed by atoms with E-state index in [0.717, 1.165) is 39.2 Å². The average Bonchev–Trinajstić information content (AvgIpc) is 3.07. The second kappa shape index (κ2) is 5.78. The highest BCUT2D eigenvalue weighted by Crippen LogP contribution is 2.32. The summed E-state index contributed by atoms with van der Waals surface area (Å²) in [5.74, 6) is -0.500. The molecule has 3 aromatic rings. The molecular weight excluding hydrogens is 337 g/mol. The third kappa shape index (κ3) is 3.13. The van der Waals surface area contributed by atoms with Crippen molar-refractivity contribution in [3.63, 3.8) is 0 Å². The van der Waals surface area contributed by atoms with Crippen LogP contribution in [0.15, 0.2) is 40.6 Å². The van der Waals surface area contributed by atoms with E-state index >= 15 is 0 Å². The number of nitrogens with one attached hydrogen (secondary N) is 2. The number of aromatic amines is 1. The van der Waals surface area contributed by atoms with Crippen LogP contribution in [0.2, 0.25) is 0 Å². The summed E-state index contributed by atoms with van der Waals surface area (Å²) in [5, 5.41) is 7.08. The fraction of sp³-hybridized carbons (Fsp3) is 0.133. The molecule has 8 heteroatoms. The molecule has 0 aliphatic heterocycles. The van der Waals surface area contributed by atoms with Gasteiger partial charge in [-0.1, -0.05) is 6.07 Å². The third-order valence-corrected chi connectivity index (χ3v) is 6.37. The second-order valence-corrected chi connectivity index (χ2v) is 8.05. The maximum atomic E-state index is 13.2. The molecule has 5 nitrogen and oxygen atoms in total. The molecule has 0 aliphatic rings. The van der Waals surface area contributed by atoms with Gasteiger partial charge >= 0.3 is 0 Å². The van der Waals surface area contributed by atoms with E-state index in [2.05, 4.69) is 14.9 Å². The molecule has 0 atom stereocenters. The van der Waals surface area contributed by atoms with Crippen LogP contribution < -0.4 is 4.72 Å². The standard InChI is InChI=1S/C15H14FN3O2S2/c1-9-10(2)17-18-15(9)13-6-7-14(22-13)23(20,21)19-12-5-3-4-11(16)8-12/h3-8,19H,1-2H3,(H,17,18). The molecule has 2 N–H and O–H groups in total. The highest BCUT2D eigenvalue weighted by atomic mass is 32.2. The van der Waals surface area contributed by atoms with Crippen LogP contribution in [0.4, 0.5) is 10.1 Å². The lowest BCUT2D eigenvalue weighted by atomic mass is 10.2. The summed E-state index contributed by atoms with van der Waals surface area (Å²) < 4.78 is 40.5. The van der Waals surface area contributed by atoms with Crippen molar-refractivity contribution in [2.45, 2.75) is 18.1 Å². The van der Waals surface area contributed by atoms with Gasteiger partial charge in [-0.3, -0.25) is 9.82 Å². The molecule has 2 heterocycles. The number of rotatable bonds is 4. The zero-order chi connectivity index (χ0) is 16.6. The lowest BCUT2D eigenvalue weighted by molar-refractivity contribution is 0.603. The first-order valence-electron chi connectivity index (χ1n) is 6.77. The number of sulfonamides is 1. The van der Waals surface area contributed by atoms with Gasteiger partial charge in [-0.2, -0.15) is 5.10 Å². The first-order valence-corrected chi connectivity index (χ1v) is 9.07. The van der Waals surface area contributed by atoms with Gasteiger partial charge in [0.15, 0.2) is 0 Å². The van der Waals surface area contributed by atoms with Gasteiger partial charge < -0.3 is 0 Å². The first kappa shape index (κ1) is 15.7. The Morgan fingerprint density at radius 1 is 1.22 bits per heavy atom. The predicted molar refractivity (Wildman–Crippen MR) is 88.6 cm³/mol. The maximum absolute atomic E-state index is 13.2. The molecule has 23 heavy (non-hydrogen) atoms. The normalized spacial score (nSPS) is 11.6. The van der Waals surface area contributed by atoms with Crippen LogP contribution in [0.1, 0.15) is 11.3 Å². The van der Waals surface area contributed by atoms with Gasteiger partial charge in [-0.15, -0.1) is 11.3 Å². The zero-order valence-electron chi connectivity index (χ0n) is 12.4. The minimum absolute atomic E-state index is 0.150. The molecule has 0 radical (unpaired) electrons. The monoisotopic (exact) mass is 351 g/mol. The minimum Gasteiger partial charge on any atom is -0.282 e. The summed E-state index contributed by atoms with van der Waals surface area (Å²) in [6, 6.07) is 8.56. The SMILES string of the molecule is Cc1[nH]nc(-c2ccc(S(=O)(=O)Nc3cccc(F)c3)s2)c1C. The molecule has 0 spiro atoms. The molecule has 0 amide bonds. The van der Waals surface area contributed by atoms with E-state index in [0.29, 0.717) is 0 Å². The van der Waals surface area contributed by atoms with Gasteiger partial charge in [0.1, 0.15) is 15.7 Å². The van der Waals surface area contributed by atoms with Crippen LogP contribution in [-0.2, 0) is 10.0 Å². The Balaban J connectivity index is 1.91. The summed E-state index contributed by atoms with van der Waals surface area (Å²) in [5.41, 5.74) is 2.84. The van der Waals surface area contributed by atoms with Crippen molar-refractivity contribution in [2.24, 2.45) is 0 Å². The topological polar surface area (TPSA) is 74.8 Å². The van der Waals surface area contributed by atoms with Crippen molar-refractivity contribution in [1.29, 1.82) is 0 Å². The Hall–Kier alpha value is -2.19. The van der Waals surface area contributed by atoms with Gasteiger partial charge in [0.25, 0.3) is 10.0 Å². The molecule has 0 unspecified atom stereocenters. The summed E-state index contributed by atoms with van der Waals surface area (Å²) in [4.78, 5) is 0.756. The fourth-order valence-corrected chi connectivity index (χ4v) is 4.48. The molecule has 0 fully saturated rings.